The summed E-state index contributed by atoms with van der Waals surface area (Å²) in [6.07, 6.45) is -0.0143. The average Bonchev–Trinajstić information content (AvgIpc) is 2.79. The Morgan fingerprint density at radius 1 is 1.37 bits per heavy atom. The molecule has 0 aliphatic rings. The molecule has 0 saturated carbocycles. The summed E-state index contributed by atoms with van der Waals surface area (Å²) >= 11 is 0. The van der Waals surface area contributed by atoms with Crippen LogP contribution in [0, 0.1) is 0 Å². The number of hydrogen-bond donors (Lipinski definition) is 3. The maximum absolute atomic E-state index is 11.7. The Balaban J connectivity index is 2.60. The van der Waals surface area contributed by atoms with Gasteiger partial charge >= 0.3 is 5.97 Å². The van der Waals surface area contributed by atoms with Gasteiger partial charge in [-0.2, -0.15) is 0 Å². The summed E-state index contributed by atoms with van der Waals surface area (Å²) in [5.74, 6) is -2.11. The number of carbonyl (C=O) groups is 2. The third kappa shape index (κ3) is 4.38. The van der Waals surface area contributed by atoms with Crippen LogP contribution in [0.5, 0.6) is 0 Å². The van der Waals surface area contributed by atoms with Gasteiger partial charge in [0.1, 0.15) is 0 Å². The number of hydrogen-bond acceptors (Lipinski definition) is 5. The minimum absolute atomic E-state index is 0.0143. The van der Waals surface area contributed by atoms with Crippen LogP contribution >= 0.6 is 0 Å². The summed E-state index contributed by atoms with van der Waals surface area (Å²) < 4.78 is 30.2. The second kappa shape index (κ2) is 6.34. The number of rotatable bonds is 7. The standard InChI is InChI=1S/C10H14N2O6S/c1-2-11-8(13)5-6-12-19(16,17)9-4-3-7(18-9)10(14)15/h3-4,12H,2,5-6H2,1H3,(H,11,13)(H,14,15). The second-order valence-electron chi connectivity index (χ2n) is 3.53. The van der Waals surface area contributed by atoms with Gasteiger partial charge in [0.05, 0.1) is 0 Å². The van der Waals surface area contributed by atoms with Crippen molar-refractivity contribution in [3.8, 4) is 0 Å². The summed E-state index contributed by atoms with van der Waals surface area (Å²) in [4.78, 5) is 21.7. The number of carboxylic acids is 1. The third-order valence-corrected chi connectivity index (χ3v) is 3.41. The van der Waals surface area contributed by atoms with Gasteiger partial charge in [-0.1, -0.05) is 0 Å². The van der Waals surface area contributed by atoms with Crippen molar-refractivity contribution in [2.45, 2.75) is 18.4 Å². The second-order valence-corrected chi connectivity index (χ2v) is 5.22. The molecule has 0 radical (unpaired) electrons. The Morgan fingerprint density at radius 2 is 2.05 bits per heavy atom. The molecule has 9 heteroatoms. The predicted molar refractivity (Wildman–Crippen MR) is 64.2 cm³/mol. The topological polar surface area (TPSA) is 126 Å². The van der Waals surface area contributed by atoms with E-state index in [9.17, 15) is 18.0 Å². The largest absolute Gasteiger partial charge is 0.475 e. The van der Waals surface area contributed by atoms with Gasteiger partial charge in [0.15, 0.2) is 0 Å². The monoisotopic (exact) mass is 290 g/mol. The van der Waals surface area contributed by atoms with Gasteiger partial charge in [0.2, 0.25) is 16.8 Å². The lowest BCUT2D eigenvalue weighted by molar-refractivity contribution is -0.120. The molecule has 1 aromatic rings. The minimum Gasteiger partial charge on any atom is -0.475 e. The molecular formula is C10H14N2O6S. The zero-order chi connectivity index (χ0) is 14.5. The lowest BCUT2D eigenvalue weighted by Gasteiger charge is -2.04. The van der Waals surface area contributed by atoms with Gasteiger partial charge in [0.25, 0.3) is 10.0 Å². The fraction of sp³-hybridized carbons (Fsp3) is 0.400. The summed E-state index contributed by atoms with van der Waals surface area (Å²) in [5, 5.41) is 10.6. The lowest BCUT2D eigenvalue weighted by atomic mass is 10.4. The molecule has 19 heavy (non-hydrogen) atoms. The molecule has 0 aromatic carbocycles. The number of nitrogens with one attached hydrogen (secondary N) is 2. The van der Waals surface area contributed by atoms with E-state index < -0.39 is 26.8 Å². The van der Waals surface area contributed by atoms with Crippen molar-refractivity contribution in [2.24, 2.45) is 0 Å². The van der Waals surface area contributed by atoms with Crippen molar-refractivity contribution < 1.29 is 27.5 Å². The maximum atomic E-state index is 11.7. The van der Waals surface area contributed by atoms with Crippen LogP contribution in [0.1, 0.15) is 23.9 Å². The van der Waals surface area contributed by atoms with Crippen molar-refractivity contribution in [1.82, 2.24) is 10.0 Å². The van der Waals surface area contributed by atoms with Crippen molar-refractivity contribution in [1.29, 1.82) is 0 Å². The van der Waals surface area contributed by atoms with E-state index in [0.717, 1.165) is 12.1 Å². The Morgan fingerprint density at radius 3 is 2.58 bits per heavy atom. The van der Waals surface area contributed by atoms with Crippen LogP contribution in [0.2, 0.25) is 0 Å². The molecule has 0 atom stereocenters. The van der Waals surface area contributed by atoms with E-state index in [1.807, 2.05) is 0 Å². The number of sulfonamides is 1. The SMILES string of the molecule is CCNC(=O)CCNS(=O)(=O)c1ccc(C(=O)O)o1. The summed E-state index contributed by atoms with van der Waals surface area (Å²) in [7, 11) is -3.94. The van der Waals surface area contributed by atoms with E-state index in [0.29, 0.717) is 6.54 Å². The third-order valence-electron chi connectivity index (χ3n) is 2.08. The zero-order valence-corrected chi connectivity index (χ0v) is 11.0. The molecule has 106 valence electrons. The first kappa shape index (κ1) is 15.2. The van der Waals surface area contributed by atoms with Gasteiger partial charge < -0.3 is 14.8 Å². The highest BCUT2D eigenvalue weighted by molar-refractivity contribution is 7.89. The van der Waals surface area contributed by atoms with E-state index in [-0.39, 0.29) is 18.9 Å². The first-order valence-corrected chi connectivity index (χ1v) is 6.94. The Labute approximate surface area is 109 Å². The predicted octanol–water partition coefficient (Wildman–Crippen LogP) is -0.218. The van der Waals surface area contributed by atoms with E-state index in [1.54, 1.807) is 6.92 Å². The summed E-state index contributed by atoms with van der Waals surface area (Å²) in [6, 6.07) is 2.08. The van der Waals surface area contributed by atoms with E-state index in [1.165, 1.54) is 0 Å². The first-order valence-electron chi connectivity index (χ1n) is 5.46. The van der Waals surface area contributed by atoms with Crippen LogP contribution < -0.4 is 10.0 Å². The molecular weight excluding hydrogens is 276 g/mol. The maximum Gasteiger partial charge on any atom is 0.371 e. The van der Waals surface area contributed by atoms with Crippen LogP contribution in [0.25, 0.3) is 0 Å². The molecule has 0 bridgehead atoms. The zero-order valence-electron chi connectivity index (χ0n) is 10.2. The molecule has 1 aromatic heterocycles. The molecule has 1 rings (SSSR count). The first-order chi connectivity index (χ1) is 8.86. The molecule has 1 amide bonds. The molecule has 0 spiro atoms. The van der Waals surface area contributed by atoms with Crippen molar-refractivity contribution in [3.63, 3.8) is 0 Å². The Kier molecular flexibility index (Phi) is 5.07. The quantitative estimate of drug-likeness (QED) is 0.637. The minimum atomic E-state index is -3.94. The Bertz CT molecular complexity index is 562. The van der Waals surface area contributed by atoms with Crippen LogP contribution in [0.4, 0.5) is 0 Å². The number of furan rings is 1. The molecule has 0 saturated heterocycles. The van der Waals surface area contributed by atoms with Crippen LogP contribution in [0.15, 0.2) is 21.6 Å². The molecule has 8 nitrogen and oxygen atoms in total. The highest BCUT2D eigenvalue weighted by Gasteiger charge is 2.20. The Hall–Kier alpha value is -1.87. The molecule has 3 N–H and O–H groups in total. The number of carbonyl (C=O) groups excluding carboxylic acids is 1. The van der Waals surface area contributed by atoms with Crippen molar-refractivity contribution >= 4 is 21.9 Å². The van der Waals surface area contributed by atoms with E-state index in [4.69, 9.17) is 5.11 Å². The number of aromatic carboxylic acids is 1. The molecule has 0 aliphatic heterocycles. The number of carboxylic acid groups (broad SMARTS) is 1. The van der Waals surface area contributed by atoms with Gasteiger partial charge in [0, 0.05) is 19.5 Å². The smallest absolute Gasteiger partial charge is 0.371 e. The van der Waals surface area contributed by atoms with Crippen LogP contribution in [-0.4, -0.2) is 38.5 Å². The van der Waals surface area contributed by atoms with Crippen molar-refractivity contribution in [2.75, 3.05) is 13.1 Å². The molecule has 1 heterocycles. The van der Waals surface area contributed by atoms with E-state index in [2.05, 4.69) is 14.5 Å². The van der Waals surface area contributed by atoms with Crippen LogP contribution in [-0.2, 0) is 14.8 Å². The number of amides is 1. The van der Waals surface area contributed by atoms with E-state index >= 15 is 0 Å². The highest BCUT2D eigenvalue weighted by atomic mass is 32.2. The molecule has 0 unspecified atom stereocenters. The van der Waals surface area contributed by atoms with Gasteiger partial charge in [-0.3, -0.25) is 4.79 Å². The summed E-state index contributed by atoms with van der Waals surface area (Å²) in [5.41, 5.74) is 0. The van der Waals surface area contributed by atoms with Crippen LogP contribution in [0.3, 0.4) is 0 Å². The lowest BCUT2D eigenvalue weighted by Crippen LogP contribution is -2.30. The van der Waals surface area contributed by atoms with Crippen molar-refractivity contribution in [3.05, 3.63) is 17.9 Å². The van der Waals surface area contributed by atoms with Gasteiger partial charge in [-0.05, 0) is 19.1 Å². The fourth-order valence-electron chi connectivity index (χ4n) is 1.24. The van der Waals surface area contributed by atoms with Gasteiger partial charge in [-0.15, -0.1) is 0 Å². The molecule has 0 aliphatic carbocycles. The van der Waals surface area contributed by atoms with Gasteiger partial charge in [-0.25, -0.2) is 17.9 Å². The summed E-state index contributed by atoms with van der Waals surface area (Å²) in [6.45, 7) is 2.11. The normalized spacial score (nSPS) is 11.2. The fourth-order valence-corrected chi connectivity index (χ4v) is 2.19. The highest BCUT2D eigenvalue weighted by Crippen LogP contribution is 2.13. The molecule has 0 fully saturated rings. The average molecular weight is 290 g/mol.